The lowest BCUT2D eigenvalue weighted by Crippen LogP contribution is -2.08. The molecular weight excluding hydrogens is 199 g/mol. The summed E-state index contributed by atoms with van der Waals surface area (Å²) in [6.07, 6.45) is 0. The number of nitrogens with one attached hydrogen (secondary N) is 1. The van der Waals surface area contributed by atoms with Crippen molar-refractivity contribution >= 4 is 16.9 Å². The number of rotatable bonds is 2. The molecular formula is C10H9FN2O2. The van der Waals surface area contributed by atoms with E-state index in [-0.39, 0.29) is 5.39 Å². The third-order valence-electron chi connectivity index (χ3n) is 2.36. The number of fused-ring (bicyclic) bond motifs is 1. The van der Waals surface area contributed by atoms with Gasteiger partial charge in [0.05, 0.1) is 22.5 Å². The Morgan fingerprint density at radius 1 is 1.60 bits per heavy atom. The first-order valence-corrected chi connectivity index (χ1v) is 4.46. The molecule has 1 heterocycles. The van der Waals surface area contributed by atoms with E-state index in [9.17, 15) is 9.18 Å². The lowest BCUT2D eigenvalue weighted by molar-refractivity contribution is -0.138. The average molecular weight is 208 g/mol. The predicted molar refractivity (Wildman–Crippen MR) is 52.1 cm³/mol. The molecule has 0 amide bonds. The second kappa shape index (κ2) is 3.34. The van der Waals surface area contributed by atoms with Gasteiger partial charge in [0.25, 0.3) is 0 Å². The van der Waals surface area contributed by atoms with Crippen molar-refractivity contribution in [3.8, 4) is 0 Å². The zero-order valence-electron chi connectivity index (χ0n) is 7.99. The molecule has 1 aromatic carbocycles. The van der Waals surface area contributed by atoms with Gasteiger partial charge in [-0.15, -0.1) is 0 Å². The number of halogens is 1. The molecule has 78 valence electrons. The summed E-state index contributed by atoms with van der Waals surface area (Å²) in [5, 5.41) is 15.5. The lowest BCUT2D eigenvalue weighted by Gasteiger charge is -2.03. The molecule has 0 saturated heterocycles. The zero-order chi connectivity index (χ0) is 11.0. The number of hydrogen-bond donors (Lipinski definition) is 2. The van der Waals surface area contributed by atoms with Crippen LogP contribution in [0.1, 0.15) is 18.5 Å². The summed E-state index contributed by atoms with van der Waals surface area (Å²) in [4.78, 5) is 10.8. The van der Waals surface area contributed by atoms with Crippen LogP contribution in [0.2, 0.25) is 0 Å². The van der Waals surface area contributed by atoms with Crippen LogP contribution in [0.5, 0.6) is 0 Å². The molecule has 1 unspecified atom stereocenters. The SMILES string of the molecule is CC(C(=O)O)c1[nH]nc2cccc(F)c12. The summed E-state index contributed by atoms with van der Waals surface area (Å²) in [6.45, 7) is 1.49. The molecule has 1 aromatic heterocycles. The number of carbonyl (C=O) groups is 1. The second-order valence-corrected chi connectivity index (χ2v) is 3.33. The minimum absolute atomic E-state index is 0.257. The molecule has 0 spiro atoms. The number of H-pyrrole nitrogens is 1. The van der Waals surface area contributed by atoms with Crippen LogP contribution in [0.3, 0.4) is 0 Å². The minimum atomic E-state index is -1.01. The number of aromatic amines is 1. The van der Waals surface area contributed by atoms with Crippen LogP contribution < -0.4 is 0 Å². The standard InChI is InChI=1S/C10H9FN2O2/c1-5(10(14)15)9-8-6(11)3-2-4-7(8)12-13-9/h2-5H,1H3,(H,12,13)(H,14,15). The van der Waals surface area contributed by atoms with E-state index in [2.05, 4.69) is 10.2 Å². The van der Waals surface area contributed by atoms with Gasteiger partial charge in [0.2, 0.25) is 0 Å². The van der Waals surface area contributed by atoms with E-state index in [0.717, 1.165) is 0 Å². The first kappa shape index (κ1) is 9.64. The van der Waals surface area contributed by atoms with Gasteiger partial charge in [-0.05, 0) is 19.1 Å². The number of aromatic nitrogens is 2. The van der Waals surface area contributed by atoms with Crippen LogP contribution in [-0.4, -0.2) is 21.3 Å². The van der Waals surface area contributed by atoms with Gasteiger partial charge in [-0.25, -0.2) is 4.39 Å². The van der Waals surface area contributed by atoms with E-state index in [4.69, 9.17) is 5.11 Å². The quantitative estimate of drug-likeness (QED) is 0.791. The number of carboxylic acids is 1. The fourth-order valence-electron chi connectivity index (χ4n) is 1.49. The molecule has 2 rings (SSSR count). The Morgan fingerprint density at radius 2 is 2.33 bits per heavy atom. The molecule has 0 fully saturated rings. The average Bonchev–Trinajstić information content (AvgIpc) is 2.61. The number of aliphatic carboxylic acids is 1. The molecule has 0 aliphatic rings. The van der Waals surface area contributed by atoms with Crippen LogP contribution in [0.4, 0.5) is 4.39 Å². The summed E-state index contributed by atoms with van der Waals surface area (Å²) in [5.41, 5.74) is 0.744. The summed E-state index contributed by atoms with van der Waals surface area (Å²) in [6, 6.07) is 4.45. The topological polar surface area (TPSA) is 66.0 Å². The van der Waals surface area contributed by atoms with Crippen molar-refractivity contribution in [2.24, 2.45) is 0 Å². The van der Waals surface area contributed by atoms with Crippen molar-refractivity contribution in [2.75, 3.05) is 0 Å². The third-order valence-corrected chi connectivity index (χ3v) is 2.36. The molecule has 1 atom stereocenters. The monoisotopic (exact) mass is 208 g/mol. The maximum atomic E-state index is 13.5. The van der Waals surface area contributed by atoms with Gasteiger partial charge in [0, 0.05) is 0 Å². The summed E-state index contributed by atoms with van der Waals surface area (Å²) >= 11 is 0. The van der Waals surface area contributed by atoms with Crippen molar-refractivity contribution in [1.82, 2.24) is 10.2 Å². The highest BCUT2D eigenvalue weighted by Crippen LogP contribution is 2.25. The summed E-state index contributed by atoms with van der Waals surface area (Å²) in [7, 11) is 0. The number of benzene rings is 1. The molecule has 0 saturated carbocycles. The van der Waals surface area contributed by atoms with Gasteiger partial charge >= 0.3 is 5.97 Å². The van der Waals surface area contributed by atoms with E-state index in [0.29, 0.717) is 11.2 Å². The maximum Gasteiger partial charge on any atom is 0.312 e. The van der Waals surface area contributed by atoms with Crippen molar-refractivity contribution < 1.29 is 14.3 Å². The Kier molecular flexibility index (Phi) is 2.15. The van der Waals surface area contributed by atoms with Gasteiger partial charge in [-0.1, -0.05) is 6.07 Å². The molecule has 5 heteroatoms. The Labute approximate surface area is 84.7 Å². The molecule has 4 nitrogen and oxygen atoms in total. The van der Waals surface area contributed by atoms with E-state index < -0.39 is 17.7 Å². The van der Waals surface area contributed by atoms with E-state index in [1.165, 1.54) is 19.1 Å². The largest absolute Gasteiger partial charge is 0.481 e. The second-order valence-electron chi connectivity index (χ2n) is 3.33. The van der Waals surface area contributed by atoms with Gasteiger partial charge in [0.1, 0.15) is 5.82 Å². The van der Waals surface area contributed by atoms with Gasteiger partial charge in [-0.3, -0.25) is 9.89 Å². The van der Waals surface area contributed by atoms with Crippen molar-refractivity contribution in [3.05, 3.63) is 29.7 Å². The zero-order valence-corrected chi connectivity index (χ0v) is 7.99. The smallest absolute Gasteiger partial charge is 0.312 e. The fraction of sp³-hybridized carbons (Fsp3) is 0.200. The number of hydrogen-bond acceptors (Lipinski definition) is 2. The predicted octanol–water partition coefficient (Wildman–Crippen LogP) is 1.89. The molecule has 0 radical (unpaired) electrons. The molecule has 15 heavy (non-hydrogen) atoms. The highest BCUT2D eigenvalue weighted by atomic mass is 19.1. The fourth-order valence-corrected chi connectivity index (χ4v) is 1.49. The van der Waals surface area contributed by atoms with Crippen LogP contribution in [-0.2, 0) is 4.79 Å². The van der Waals surface area contributed by atoms with Crippen LogP contribution in [0.25, 0.3) is 10.9 Å². The molecule has 2 N–H and O–H groups in total. The van der Waals surface area contributed by atoms with E-state index >= 15 is 0 Å². The van der Waals surface area contributed by atoms with Crippen LogP contribution >= 0.6 is 0 Å². The van der Waals surface area contributed by atoms with Gasteiger partial charge in [0.15, 0.2) is 0 Å². The Hall–Kier alpha value is -1.91. The van der Waals surface area contributed by atoms with Gasteiger partial charge < -0.3 is 5.11 Å². The normalized spacial score (nSPS) is 12.9. The van der Waals surface area contributed by atoms with E-state index in [1.54, 1.807) is 6.07 Å². The molecule has 2 aromatic rings. The maximum absolute atomic E-state index is 13.5. The summed E-state index contributed by atoms with van der Waals surface area (Å²) < 4.78 is 13.5. The van der Waals surface area contributed by atoms with Crippen molar-refractivity contribution in [3.63, 3.8) is 0 Å². The Bertz CT molecular complexity index is 521. The van der Waals surface area contributed by atoms with Crippen molar-refractivity contribution in [2.45, 2.75) is 12.8 Å². The highest BCUT2D eigenvalue weighted by Gasteiger charge is 2.20. The van der Waals surface area contributed by atoms with Crippen molar-refractivity contribution in [1.29, 1.82) is 0 Å². The number of nitrogens with zero attached hydrogens (tertiary/aromatic N) is 1. The molecule has 0 bridgehead atoms. The first-order chi connectivity index (χ1) is 7.11. The first-order valence-electron chi connectivity index (χ1n) is 4.46. The molecule has 0 aliphatic carbocycles. The van der Waals surface area contributed by atoms with Crippen LogP contribution in [0.15, 0.2) is 18.2 Å². The summed E-state index contributed by atoms with van der Waals surface area (Å²) in [5.74, 6) is -2.26. The Balaban J connectivity index is 2.67. The third kappa shape index (κ3) is 1.45. The lowest BCUT2D eigenvalue weighted by atomic mass is 10.0. The minimum Gasteiger partial charge on any atom is -0.481 e. The Morgan fingerprint density at radius 3 is 3.00 bits per heavy atom. The molecule has 0 aliphatic heterocycles. The van der Waals surface area contributed by atoms with E-state index in [1.807, 2.05) is 0 Å². The van der Waals surface area contributed by atoms with Crippen LogP contribution in [0, 0.1) is 5.82 Å². The highest BCUT2D eigenvalue weighted by molar-refractivity contribution is 5.87. The van der Waals surface area contributed by atoms with Gasteiger partial charge in [-0.2, -0.15) is 5.10 Å². The number of carboxylic acid groups (broad SMARTS) is 1.